The van der Waals surface area contributed by atoms with E-state index in [1.807, 2.05) is 0 Å². The summed E-state index contributed by atoms with van der Waals surface area (Å²) in [5.74, 6) is 3.11. The molecule has 2 aliphatic carbocycles. The van der Waals surface area contributed by atoms with Crippen LogP contribution in [0, 0.1) is 17.8 Å². The summed E-state index contributed by atoms with van der Waals surface area (Å²) in [5.41, 5.74) is 0. The Bertz CT molecular complexity index is 140. The molecule has 2 rings (SSSR count). The van der Waals surface area contributed by atoms with Gasteiger partial charge in [-0.1, -0.05) is 42.1 Å². The maximum Gasteiger partial charge on any atom is 0.0174 e. The summed E-state index contributed by atoms with van der Waals surface area (Å²) in [4.78, 5) is 0.827. The van der Waals surface area contributed by atoms with Crippen LogP contribution in [0.25, 0.3) is 0 Å². The molecule has 2 aliphatic rings. The topological polar surface area (TPSA) is 0 Å². The van der Waals surface area contributed by atoms with Gasteiger partial charge >= 0.3 is 0 Å². The highest BCUT2D eigenvalue weighted by molar-refractivity contribution is 9.09. The Hall–Kier alpha value is 0.480. The maximum absolute atomic E-state index is 3.77. The van der Waals surface area contributed by atoms with E-state index in [-0.39, 0.29) is 0 Å². The fourth-order valence-corrected chi connectivity index (χ4v) is 3.34. The van der Waals surface area contributed by atoms with Crippen LogP contribution >= 0.6 is 15.9 Å². The Balaban J connectivity index is 1.93. The van der Waals surface area contributed by atoms with Gasteiger partial charge < -0.3 is 0 Å². The predicted octanol–water partition coefficient (Wildman–Crippen LogP) is 3.60. The van der Waals surface area contributed by atoms with E-state index in [0.717, 1.165) is 22.6 Å². The molecule has 64 valence electrons. The van der Waals surface area contributed by atoms with Crippen LogP contribution < -0.4 is 0 Å². The molecular weight excluding hydrogens is 200 g/mol. The molecule has 2 fully saturated rings. The quantitative estimate of drug-likeness (QED) is 0.588. The minimum Gasteiger partial charge on any atom is -0.0888 e. The molecule has 0 bridgehead atoms. The number of rotatable bonds is 1. The van der Waals surface area contributed by atoms with E-state index in [1.54, 1.807) is 0 Å². The second-order valence-electron chi connectivity index (χ2n) is 4.31. The lowest BCUT2D eigenvalue weighted by Crippen LogP contribution is -2.25. The van der Waals surface area contributed by atoms with Gasteiger partial charge in [0.2, 0.25) is 0 Å². The van der Waals surface area contributed by atoms with Gasteiger partial charge in [0, 0.05) is 4.83 Å². The third kappa shape index (κ3) is 1.37. The van der Waals surface area contributed by atoms with Crippen LogP contribution in [0.15, 0.2) is 0 Å². The largest absolute Gasteiger partial charge is 0.0888 e. The summed E-state index contributed by atoms with van der Waals surface area (Å²) in [7, 11) is 0. The van der Waals surface area contributed by atoms with E-state index in [1.165, 1.54) is 32.1 Å². The molecule has 0 N–H and O–H groups in total. The SMILES string of the molecule is CC1C(Br)CCC1C1CCC1. The van der Waals surface area contributed by atoms with Crippen molar-refractivity contribution in [3.05, 3.63) is 0 Å². The van der Waals surface area contributed by atoms with Crippen molar-refractivity contribution in [3.63, 3.8) is 0 Å². The zero-order valence-corrected chi connectivity index (χ0v) is 8.81. The van der Waals surface area contributed by atoms with Gasteiger partial charge in [0.1, 0.15) is 0 Å². The average Bonchev–Trinajstić information content (AvgIpc) is 2.15. The van der Waals surface area contributed by atoms with Gasteiger partial charge in [0.25, 0.3) is 0 Å². The smallest absolute Gasteiger partial charge is 0.0174 e. The first-order valence-corrected chi connectivity index (χ1v) is 5.84. The first-order chi connectivity index (χ1) is 5.29. The number of alkyl halides is 1. The molecule has 0 aromatic carbocycles. The molecule has 0 aliphatic heterocycles. The van der Waals surface area contributed by atoms with Crippen molar-refractivity contribution in [2.24, 2.45) is 17.8 Å². The molecular formula is C10H17Br. The molecule has 0 saturated heterocycles. The van der Waals surface area contributed by atoms with Gasteiger partial charge in [-0.3, -0.25) is 0 Å². The van der Waals surface area contributed by atoms with Gasteiger partial charge in [-0.2, -0.15) is 0 Å². The van der Waals surface area contributed by atoms with Gasteiger partial charge in [0.05, 0.1) is 0 Å². The molecule has 0 radical (unpaired) electrons. The molecule has 0 aromatic rings. The summed E-state index contributed by atoms with van der Waals surface area (Å²) < 4.78 is 0. The lowest BCUT2D eigenvalue weighted by Gasteiger charge is -2.34. The van der Waals surface area contributed by atoms with Crippen molar-refractivity contribution >= 4 is 15.9 Å². The molecule has 3 unspecified atom stereocenters. The minimum absolute atomic E-state index is 0.827. The third-order valence-electron chi connectivity index (χ3n) is 3.78. The highest BCUT2D eigenvalue weighted by Gasteiger charge is 2.38. The van der Waals surface area contributed by atoms with E-state index < -0.39 is 0 Å². The lowest BCUT2D eigenvalue weighted by molar-refractivity contribution is 0.175. The first kappa shape index (κ1) is 8.10. The van der Waals surface area contributed by atoms with Crippen LogP contribution in [0.1, 0.15) is 39.0 Å². The second-order valence-corrected chi connectivity index (χ2v) is 5.48. The van der Waals surface area contributed by atoms with Crippen molar-refractivity contribution in [1.29, 1.82) is 0 Å². The molecule has 0 aromatic heterocycles. The van der Waals surface area contributed by atoms with Crippen molar-refractivity contribution in [1.82, 2.24) is 0 Å². The van der Waals surface area contributed by atoms with Crippen LogP contribution in [0.2, 0.25) is 0 Å². The van der Waals surface area contributed by atoms with Crippen LogP contribution in [0.3, 0.4) is 0 Å². The molecule has 0 spiro atoms. The normalized spacial score (nSPS) is 45.8. The molecule has 0 heterocycles. The van der Waals surface area contributed by atoms with Crippen LogP contribution in [-0.4, -0.2) is 4.83 Å². The van der Waals surface area contributed by atoms with Crippen LogP contribution in [-0.2, 0) is 0 Å². The second kappa shape index (κ2) is 3.08. The van der Waals surface area contributed by atoms with Crippen molar-refractivity contribution in [2.45, 2.75) is 43.9 Å². The molecule has 11 heavy (non-hydrogen) atoms. The Morgan fingerprint density at radius 1 is 1.09 bits per heavy atom. The maximum atomic E-state index is 3.77. The van der Waals surface area contributed by atoms with Crippen LogP contribution in [0.4, 0.5) is 0 Å². The third-order valence-corrected chi connectivity index (χ3v) is 5.07. The van der Waals surface area contributed by atoms with E-state index in [2.05, 4.69) is 22.9 Å². The Kier molecular flexibility index (Phi) is 2.27. The van der Waals surface area contributed by atoms with Gasteiger partial charge in [-0.25, -0.2) is 0 Å². The zero-order valence-electron chi connectivity index (χ0n) is 7.22. The van der Waals surface area contributed by atoms with Crippen molar-refractivity contribution in [3.8, 4) is 0 Å². The first-order valence-electron chi connectivity index (χ1n) is 4.93. The van der Waals surface area contributed by atoms with Crippen molar-refractivity contribution < 1.29 is 0 Å². The molecule has 3 atom stereocenters. The summed E-state index contributed by atoms with van der Waals surface area (Å²) in [6, 6.07) is 0. The fraction of sp³-hybridized carbons (Fsp3) is 1.00. The standard InChI is InChI=1S/C10H17Br/c1-7-9(5-6-10(7)11)8-3-2-4-8/h7-10H,2-6H2,1H3. The van der Waals surface area contributed by atoms with E-state index >= 15 is 0 Å². The Labute approximate surface area is 77.9 Å². The summed E-state index contributed by atoms with van der Waals surface area (Å²) >= 11 is 3.77. The van der Waals surface area contributed by atoms with E-state index in [4.69, 9.17) is 0 Å². The highest BCUT2D eigenvalue weighted by Crippen LogP contribution is 2.47. The highest BCUT2D eigenvalue weighted by atomic mass is 79.9. The number of hydrogen-bond acceptors (Lipinski definition) is 0. The molecule has 0 nitrogen and oxygen atoms in total. The van der Waals surface area contributed by atoms with Crippen molar-refractivity contribution in [2.75, 3.05) is 0 Å². The Morgan fingerprint density at radius 2 is 1.82 bits per heavy atom. The zero-order chi connectivity index (χ0) is 7.84. The minimum atomic E-state index is 0.827. The van der Waals surface area contributed by atoms with Gasteiger partial charge in [-0.15, -0.1) is 0 Å². The molecule has 0 amide bonds. The van der Waals surface area contributed by atoms with Crippen LogP contribution in [0.5, 0.6) is 0 Å². The number of halogens is 1. The number of hydrogen-bond donors (Lipinski definition) is 0. The fourth-order valence-electron chi connectivity index (χ4n) is 2.68. The van der Waals surface area contributed by atoms with E-state index in [0.29, 0.717) is 0 Å². The van der Waals surface area contributed by atoms with Gasteiger partial charge in [0.15, 0.2) is 0 Å². The summed E-state index contributed by atoms with van der Waals surface area (Å²) in [5, 5.41) is 0. The monoisotopic (exact) mass is 216 g/mol. The molecule has 1 heteroatoms. The lowest BCUT2D eigenvalue weighted by atomic mass is 9.72. The summed E-state index contributed by atoms with van der Waals surface area (Å²) in [6.45, 7) is 2.43. The average molecular weight is 217 g/mol. The van der Waals surface area contributed by atoms with E-state index in [9.17, 15) is 0 Å². The summed E-state index contributed by atoms with van der Waals surface area (Å²) in [6.07, 6.45) is 7.45. The van der Waals surface area contributed by atoms with Gasteiger partial charge in [-0.05, 0) is 30.6 Å². The Morgan fingerprint density at radius 3 is 2.18 bits per heavy atom. The molecule has 2 saturated carbocycles. The predicted molar refractivity (Wildman–Crippen MR) is 51.9 cm³/mol.